The Morgan fingerprint density at radius 2 is 2.12 bits per heavy atom. The molecule has 7 heteroatoms. The minimum absolute atomic E-state index is 0.00808. The monoisotopic (exact) mass is 330 g/mol. The van der Waals surface area contributed by atoms with Gasteiger partial charge in [-0.2, -0.15) is 5.10 Å². The Labute approximate surface area is 139 Å². The smallest absolute Gasteiger partial charge is 0.242 e. The molecule has 2 amide bonds. The number of aromatic amines is 1. The minimum Gasteiger partial charge on any atom is -0.347 e. The molecule has 0 saturated carbocycles. The van der Waals surface area contributed by atoms with Crippen LogP contribution in [0.2, 0.25) is 0 Å². The van der Waals surface area contributed by atoms with E-state index in [4.69, 9.17) is 0 Å². The normalized spacial score (nSPS) is 17.1. The number of rotatable bonds is 4. The third-order valence-corrected chi connectivity index (χ3v) is 4.22. The van der Waals surface area contributed by atoms with Crippen LogP contribution in [-0.4, -0.2) is 40.0 Å². The number of hydrogen-bond donors (Lipinski definition) is 2. The van der Waals surface area contributed by atoms with Crippen LogP contribution in [0.3, 0.4) is 0 Å². The molecule has 6 nitrogen and oxygen atoms in total. The molecule has 126 valence electrons. The van der Waals surface area contributed by atoms with Crippen molar-refractivity contribution >= 4 is 11.8 Å². The summed E-state index contributed by atoms with van der Waals surface area (Å²) in [6.07, 6.45) is 3.40. The first-order chi connectivity index (χ1) is 11.6. The second-order valence-corrected chi connectivity index (χ2v) is 5.86. The highest BCUT2D eigenvalue weighted by molar-refractivity contribution is 5.84. The third kappa shape index (κ3) is 3.29. The van der Waals surface area contributed by atoms with Gasteiger partial charge in [0.05, 0.1) is 24.5 Å². The quantitative estimate of drug-likeness (QED) is 0.900. The molecule has 2 aromatic rings. The molecule has 3 rings (SSSR count). The summed E-state index contributed by atoms with van der Waals surface area (Å²) >= 11 is 0. The number of aromatic nitrogens is 2. The first-order valence-electron chi connectivity index (χ1n) is 7.89. The van der Waals surface area contributed by atoms with Crippen LogP contribution < -0.4 is 5.32 Å². The largest absolute Gasteiger partial charge is 0.347 e. The van der Waals surface area contributed by atoms with E-state index in [0.29, 0.717) is 6.54 Å². The summed E-state index contributed by atoms with van der Waals surface area (Å²) in [5.74, 6) is -0.642. The van der Waals surface area contributed by atoms with Crippen molar-refractivity contribution in [2.45, 2.75) is 25.8 Å². The van der Waals surface area contributed by atoms with E-state index >= 15 is 0 Å². The molecule has 0 radical (unpaired) electrons. The number of H-pyrrole nitrogens is 1. The zero-order valence-electron chi connectivity index (χ0n) is 13.4. The number of hydrogen-bond acceptors (Lipinski definition) is 3. The highest BCUT2D eigenvalue weighted by Crippen LogP contribution is 2.36. The van der Waals surface area contributed by atoms with Gasteiger partial charge in [0.2, 0.25) is 11.8 Å². The Balaban J connectivity index is 1.83. The van der Waals surface area contributed by atoms with Gasteiger partial charge in [0.25, 0.3) is 0 Å². The number of nitrogens with one attached hydrogen (secondary N) is 2. The zero-order chi connectivity index (χ0) is 17.1. The van der Waals surface area contributed by atoms with Crippen molar-refractivity contribution < 1.29 is 14.0 Å². The summed E-state index contributed by atoms with van der Waals surface area (Å²) < 4.78 is 13.1. The van der Waals surface area contributed by atoms with Gasteiger partial charge in [0.1, 0.15) is 5.82 Å². The molecule has 0 aliphatic carbocycles. The van der Waals surface area contributed by atoms with E-state index in [1.165, 1.54) is 19.1 Å². The van der Waals surface area contributed by atoms with Crippen LogP contribution in [0.15, 0.2) is 30.5 Å². The summed E-state index contributed by atoms with van der Waals surface area (Å²) in [6, 6.07) is 6.08. The predicted octanol–water partition coefficient (Wildman–Crippen LogP) is 2.02. The van der Waals surface area contributed by atoms with Crippen LogP contribution in [0.4, 0.5) is 4.39 Å². The number of nitrogens with zero attached hydrogens (tertiary/aromatic N) is 2. The number of amides is 2. The van der Waals surface area contributed by atoms with E-state index < -0.39 is 0 Å². The lowest BCUT2D eigenvalue weighted by Crippen LogP contribution is -2.39. The minimum atomic E-state index is -0.295. The van der Waals surface area contributed by atoms with Gasteiger partial charge in [-0.05, 0) is 30.5 Å². The zero-order valence-corrected chi connectivity index (χ0v) is 13.4. The maximum Gasteiger partial charge on any atom is 0.242 e. The van der Waals surface area contributed by atoms with Crippen molar-refractivity contribution in [1.82, 2.24) is 20.4 Å². The summed E-state index contributed by atoms with van der Waals surface area (Å²) in [4.78, 5) is 25.1. The highest BCUT2D eigenvalue weighted by atomic mass is 19.1. The fourth-order valence-corrected chi connectivity index (χ4v) is 3.08. The van der Waals surface area contributed by atoms with Gasteiger partial charge >= 0.3 is 0 Å². The topological polar surface area (TPSA) is 78.1 Å². The Kier molecular flexibility index (Phi) is 4.59. The fraction of sp³-hybridized carbons (Fsp3) is 0.353. The van der Waals surface area contributed by atoms with Crippen molar-refractivity contribution in [2.24, 2.45) is 0 Å². The SMILES string of the molecule is CC(=O)NCC(=O)N1CCCC1c1[nH]ncc1-c1ccc(F)cc1. The molecule has 1 fully saturated rings. The number of carbonyl (C=O) groups excluding carboxylic acids is 2. The molecule has 2 heterocycles. The van der Waals surface area contributed by atoms with E-state index in [9.17, 15) is 14.0 Å². The standard InChI is InChI=1S/C17H19FN4O2/c1-11(23)19-10-16(24)22-8-2-3-15(22)17-14(9-20-21-17)12-4-6-13(18)7-5-12/h4-7,9,15H,2-3,8,10H2,1H3,(H,19,23)(H,20,21). The highest BCUT2D eigenvalue weighted by Gasteiger charge is 2.32. The number of halogens is 1. The molecular formula is C17H19FN4O2. The molecule has 1 saturated heterocycles. The molecule has 1 atom stereocenters. The molecule has 1 aliphatic heterocycles. The van der Waals surface area contributed by atoms with E-state index in [2.05, 4.69) is 15.5 Å². The van der Waals surface area contributed by atoms with E-state index in [0.717, 1.165) is 29.7 Å². The van der Waals surface area contributed by atoms with Crippen molar-refractivity contribution in [3.8, 4) is 11.1 Å². The lowest BCUT2D eigenvalue weighted by atomic mass is 10.0. The van der Waals surface area contributed by atoms with Gasteiger partial charge in [-0.3, -0.25) is 14.7 Å². The van der Waals surface area contributed by atoms with Crippen molar-refractivity contribution in [1.29, 1.82) is 0 Å². The Hall–Kier alpha value is -2.70. The summed E-state index contributed by atoms with van der Waals surface area (Å²) in [7, 11) is 0. The predicted molar refractivity (Wildman–Crippen MR) is 86.4 cm³/mol. The molecule has 1 aromatic carbocycles. The van der Waals surface area contributed by atoms with Crippen LogP contribution in [0.5, 0.6) is 0 Å². The Morgan fingerprint density at radius 1 is 1.38 bits per heavy atom. The van der Waals surface area contributed by atoms with Gasteiger partial charge < -0.3 is 10.2 Å². The second-order valence-electron chi connectivity index (χ2n) is 5.86. The Morgan fingerprint density at radius 3 is 2.83 bits per heavy atom. The third-order valence-electron chi connectivity index (χ3n) is 4.22. The van der Waals surface area contributed by atoms with Crippen molar-refractivity contribution in [3.63, 3.8) is 0 Å². The van der Waals surface area contributed by atoms with Gasteiger partial charge in [-0.1, -0.05) is 12.1 Å². The lowest BCUT2D eigenvalue weighted by Gasteiger charge is -2.25. The Bertz CT molecular complexity index is 741. The summed E-state index contributed by atoms with van der Waals surface area (Å²) in [5.41, 5.74) is 2.55. The second kappa shape index (κ2) is 6.82. The van der Waals surface area contributed by atoms with Gasteiger partial charge in [0, 0.05) is 19.0 Å². The van der Waals surface area contributed by atoms with Crippen LogP contribution in [0.25, 0.3) is 11.1 Å². The van der Waals surface area contributed by atoms with Gasteiger partial charge in [0.15, 0.2) is 0 Å². The fourth-order valence-electron chi connectivity index (χ4n) is 3.08. The maximum absolute atomic E-state index is 13.1. The van der Waals surface area contributed by atoms with Crippen molar-refractivity contribution in [3.05, 3.63) is 42.0 Å². The van der Waals surface area contributed by atoms with E-state index in [1.54, 1.807) is 23.2 Å². The average Bonchev–Trinajstić information content (AvgIpc) is 3.21. The lowest BCUT2D eigenvalue weighted by molar-refractivity contribution is -0.133. The molecule has 1 unspecified atom stereocenters. The van der Waals surface area contributed by atoms with E-state index in [-0.39, 0.29) is 30.2 Å². The number of benzene rings is 1. The molecule has 1 aromatic heterocycles. The summed E-state index contributed by atoms with van der Waals surface area (Å²) in [5, 5.41) is 9.64. The van der Waals surface area contributed by atoms with Crippen LogP contribution in [0.1, 0.15) is 31.5 Å². The summed E-state index contributed by atoms with van der Waals surface area (Å²) in [6.45, 7) is 2.02. The first-order valence-corrected chi connectivity index (χ1v) is 7.89. The van der Waals surface area contributed by atoms with E-state index in [1.807, 2.05) is 0 Å². The van der Waals surface area contributed by atoms with Crippen molar-refractivity contribution in [2.75, 3.05) is 13.1 Å². The van der Waals surface area contributed by atoms with Gasteiger partial charge in [-0.15, -0.1) is 0 Å². The molecule has 0 spiro atoms. The molecule has 24 heavy (non-hydrogen) atoms. The first kappa shape index (κ1) is 16.2. The average molecular weight is 330 g/mol. The van der Waals surface area contributed by atoms with Crippen LogP contribution >= 0.6 is 0 Å². The molecule has 0 bridgehead atoms. The van der Waals surface area contributed by atoms with Crippen LogP contribution in [0, 0.1) is 5.82 Å². The van der Waals surface area contributed by atoms with Crippen LogP contribution in [-0.2, 0) is 9.59 Å². The van der Waals surface area contributed by atoms with Gasteiger partial charge in [-0.25, -0.2) is 4.39 Å². The number of carbonyl (C=O) groups is 2. The maximum atomic E-state index is 13.1. The molecule has 2 N–H and O–H groups in total. The molecule has 1 aliphatic rings. The molecular weight excluding hydrogens is 311 g/mol. The number of likely N-dealkylation sites (tertiary alicyclic amines) is 1.